The molecule has 1 amide bonds. The van der Waals surface area contributed by atoms with Gasteiger partial charge in [-0.2, -0.15) is 5.10 Å². The Balaban J connectivity index is 1.53. The van der Waals surface area contributed by atoms with Gasteiger partial charge in [0.25, 0.3) is 5.91 Å². The summed E-state index contributed by atoms with van der Waals surface area (Å²) in [6.07, 6.45) is 2.21. The zero-order chi connectivity index (χ0) is 20.2. The zero-order valence-corrected chi connectivity index (χ0v) is 17.8. The van der Waals surface area contributed by atoms with Crippen molar-refractivity contribution < 1.29 is 13.6 Å². The number of amides is 1. The van der Waals surface area contributed by atoms with E-state index in [-0.39, 0.29) is 23.5 Å². The minimum Gasteiger partial charge on any atom is -0.468 e. The Morgan fingerprint density at radius 2 is 1.93 bits per heavy atom. The van der Waals surface area contributed by atoms with E-state index in [1.54, 1.807) is 23.4 Å². The van der Waals surface area contributed by atoms with E-state index in [2.05, 4.69) is 21.0 Å². The van der Waals surface area contributed by atoms with Gasteiger partial charge in [0.1, 0.15) is 11.6 Å². The van der Waals surface area contributed by atoms with Gasteiger partial charge in [0, 0.05) is 10.9 Å². The number of hydrogen-bond acceptors (Lipinski definition) is 4. The minimum atomic E-state index is -0.298. The van der Waals surface area contributed by atoms with Crippen LogP contribution >= 0.6 is 27.7 Å². The van der Waals surface area contributed by atoms with E-state index >= 15 is 0 Å². The van der Waals surface area contributed by atoms with Crippen molar-refractivity contribution in [3.8, 4) is 0 Å². The summed E-state index contributed by atoms with van der Waals surface area (Å²) in [4.78, 5) is 12.9. The summed E-state index contributed by atoms with van der Waals surface area (Å²) in [6, 6.07) is 17.6. The lowest BCUT2D eigenvalue weighted by Gasteiger charge is -2.22. The van der Waals surface area contributed by atoms with E-state index in [0.717, 1.165) is 27.1 Å². The third-order valence-corrected chi connectivity index (χ3v) is 6.12. The summed E-state index contributed by atoms with van der Waals surface area (Å²) in [5.74, 6) is 1.36. The second kappa shape index (κ2) is 8.97. The van der Waals surface area contributed by atoms with E-state index in [9.17, 15) is 9.18 Å². The van der Waals surface area contributed by atoms with Gasteiger partial charge in [0.05, 0.1) is 29.5 Å². The molecule has 0 saturated heterocycles. The lowest BCUT2D eigenvalue weighted by atomic mass is 9.98. The molecule has 0 radical (unpaired) electrons. The van der Waals surface area contributed by atoms with E-state index < -0.39 is 0 Å². The topological polar surface area (TPSA) is 45.8 Å². The molecule has 1 aliphatic rings. The average Bonchev–Trinajstić information content (AvgIpc) is 3.39. The summed E-state index contributed by atoms with van der Waals surface area (Å²) >= 11 is 4.92. The Morgan fingerprint density at radius 1 is 1.17 bits per heavy atom. The molecule has 7 heteroatoms. The van der Waals surface area contributed by atoms with Crippen LogP contribution in [0.1, 0.15) is 29.3 Å². The molecule has 2 aromatic carbocycles. The lowest BCUT2D eigenvalue weighted by molar-refractivity contribution is -0.130. The van der Waals surface area contributed by atoms with Crippen LogP contribution in [0.5, 0.6) is 0 Å². The van der Waals surface area contributed by atoms with Crippen LogP contribution in [0.2, 0.25) is 0 Å². The molecule has 148 valence electrons. The molecule has 4 rings (SSSR count). The highest BCUT2D eigenvalue weighted by Gasteiger charge is 2.32. The van der Waals surface area contributed by atoms with E-state index in [1.807, 2.05) is 36.4 Å². The normalized spacial score (nSPS) is 16.1. The maximum Gasteiger partial charge on any atom is 0.253 e. The Kier molecular flexibility index (Phi) is 6.16. The first-order chi connectivity index (χ1) is 14.1. The van der Waals surface area contributed by atoms with Gasteiger partial charge < -0.3 is 4.42 Å². The van der Waals surface area contributed by atoms with Crippen molar-refractivity contribution in [1.82, 2.24) is 5.01 Å². The second-order valence-electron chi connectivity index (χ2n) is 6.64. The Bertz CT molecular complexity index is 1000. The van der Waals surface area contributed by atoms with Crippen LogP contribution < -0.4 is 0 Å². The molecule has 0 spiro atoms. The SMILES string of the molecule is O=C(CSCc1ccco1)N1N=C(c2ccc(Br)cc2)CC1c1ccc(F)cc1. The molecule has 0 aliphatic carbocycles. The molecule has 0 fully saturated rings. The summed E-state index contributed by atoms with van der Waals surface area (Å²) in [6.45, 7) is 0. The number of carbonyl (C=O) groups is 1. The monoisotopic (exact) mass is 472 g/mol. The summed E-state index contributed by atoms with van der Waals surface area (Å²) in [5, 5.41) is 6.18. The largest absolute Gasteiger partial charge is 0.468 e. The standard InChI is InChI=1S/C22H18BrFN2O2S/c23-17-7-3-15(4-8-17)20-12-21(16-5-9-18(24)10-6-16)26(25-20)22(27)14-29-13-19-2-1-11-28-19/h1-11,21H,12-14H2. The summed E-state index contributed by atoms with van der Waals surface area (Å²) in [5.41, 5.74) is 2.68. The highest BCUT2D eigenvalue weighted by Crippen LogP contribution is 2.33. The molecule has 4 nitrogen and oxygen atoms in total. The number of hydrogen-bond donors (Lipinski definition) is 0. The van der Waals surface area contributed by atoms with Gasteiger partial charge in [0.2, 0.25) is 0 Å². The van der Waals surface area contributed by atoms with Gasteiger partial charge in [-0.15, -0.1) is 11.8 Å². The van der Waals surface area contributed by atoms with Gasteiger partial charge >= 0.3 is 0 Å². The maximum atomic E-state index is 13.4. The number of benzene rings is 2. The smallest absolute Gasteiger partial charge is 0.253 e. The summed E-state index contributed by atoms with van der Waals surface area (Å²) < 4.78 is 19.7. The number of halogens is 2. The van der Waals surface area contributed by atoms with Crippen LogP contribution in [0.25, 0.3) is 0 Å². The zero-order valence-electron chi connectivity index (χ0n) is 15.4. The Hall–Kier alpha value is -2.38. The van der Waals surface area contributed by atoms with Crippen molar-refractivity contribution in [2.45, 2.75) is 18.2 Å². The van der Waals surface area contributed by atoms with Gasteiger partial charge in [0.15, 0.2) is 0 Å². The van der Waals surface area contributed by atoms with Crippen molar-refractivity contribution in [2.75, 3.05) is 5.75 Å². The van der Waals surface area contributed by atoms with Crippen molar-refractivity contribution in [1.29, 1.82) is 0 Å². The molecular formula is C22H18BrFN2O2S. The summed E-state index contributed by atoms with van der Waals surface area (Å²) in [7, 11) is 0. The molecule has 29 heavy (non-hydrogen) atoms. The Morgan fingerprint density at radius 3 is 2.62 bits per heavy atom. The first kappa shape index (κ1) is 19.9. The van der Waals surface area contributed by atoms with E-state index in [4.69, 9.17) is 4.42 Å². The molecule has 1 unspecified atom stereocenters. The van der Waals surface area contributed by atoms with Gasteiger partial charge in [-0.05, 0) is 47.5 Å². The maximum absolute atomic E-state index is 13.4. The Labute approximate surface area is 180 Å². The van der Waals surface area contributed by atoms with Crippen molar-refractivity contribution in [3.63, 3.8) is 0 Å². The molecule has 3 aromatic rings. The van der Waals surface area contributed by atoms with Crippen LogP contribution in [0.4, 0.5) is 4.39 Å². The molecule has 0 bridgehead atoms. The van der Waals surface area contributed by atoms with Crippen LogP contribution in [0.15, 0.2) is 80.9 Å². The highest BCUT2D eigenvalue weighted by atomic mass is 79.9. The number of carbonyl (C=O) groups excluding carboxylic acids is 1. The van der Waals surface area contributed by atoms with Crippen LogP contribution in [-0.4, -0.2) is 22.4 Å². The third-order valence-electron chi connectivity index (χ3n) is 4.65. The van der Waals surface area contributed by atoms with E-state index in [1.165, 1.54) is 23.9 Å². The molecule has 1 aromatic heterocycles. The quantitative estimate of drug-likeness (QED) is 0.455. The molecule has 1 aliphatic heterocycles. The van der Waals surface area contributed by atoms with Crippen molar-refractivity contribution >= 4 is 39.3 Å². The molecule has 1 atom stereocenters. The van der Waals surface area contributed by atoms with E-state index in [0.29, 0.717) is 12.2 Å². The average molecular weight is 473 g/mol. The van der Waals surface area contributed by atoms with Crippen LogP contribution in [0.3, 0.4) is 0 Å². The predicted octanol–water partition coefficient (Wildman–Crippen LogP) is 5.79. The van der Waals surface area contributed by atoms with Gasteiger partial charge in [-0.25, -0.2) is 9.40 Å². The number of rotatable bonds is 6. The third kappa shape index (κ3) is 4.79. The van der Waals surface area contributed by atoms with Crippen LogP contribution in [-0.2, 0) is 10.5 Å². The molecule has 0 N–H and O–H groups in total. The number of hydrazone groups is 1. The van der Waals surface area contributed by atoms with Crippen molar-refractivity contribution in [3.05, 3.63) is 94.1 Å². The van der Waals surface area contributed by atoms with Crippen LogP contribution in [0, 0.1) is 5.82 Å². The number of furan rings is 1. The fraction of sp³-hybridized carbons (Fsp3) is 0.182. The van der Waals surface area contributed by atoms with Gasteiger partial charge in [-0.1, -0.05) is 40.2 Å². The predicted molar refractivity (Wildman–Crippen MR) is 116 cm³/mol. The fourth-order valence-corrected chi connectivity index (χ4v) is 4.24. The first-order valence-electron chi connectivity index (χ1n) is 9.11. The lowest BCUT2D eigenvalue weighted by Crippen LogP contribution is -2.28. The number of nitrogens with zero attached hydrogens (tertiary/aromatic N) is 2. The molecule has 2 heterocycles. The highest BCUT2D eigenvalue weighted by molar-refractivity contribution is 9.10. The molecule has 0 saturated carbocycles. The first-order valence-corrected chi connectivity index (χ1v) is 11.1. The van der Waals surface area contributed by atoms with Crippen molar-refractivity contribution in [2.24, 2.45) is 5.10 Å². The molecular weight excluding hydrogens is 455 g/mol. The number of thioether (sulfide) groups is 1. The van der Waals surface area contributed by atoms with Gasteiger partial charge in [-0.3, -0.25) is 4.79 Å². The fourth-order valence-electron chi connectivity index (χ4n) is 3.20. The minimum absolute atomic E-state index is 0.0806. The second-order valence-corrected chi connectivity index (χ2v) is 8.54.